The molecule has 1 atom stereocenters. The Morgan fingerprint density at radius 1 is 1.26 bits per heavy atom. The van der Waals surface area contributed by atoms with Crippen molar-refractivity contribution in [2.45, 2.75) is 12.2 Å². The van der Waals surface area contributed by atoms with E-state index in [1.807, 2.05) is 0 Å². The van der Waals surface area contributed by atoms with E-state index in [1.54, 1.807) is 6.07 Å². The summed E-state index contributed by atoms with van der Waals surface area (Å²) >= 11 is 0. The quantitative estimate of drug-likeness (QED) is 0.873. The lowest BCUT2D eigenvalue weighted by Crippen LogP contribution is -2.22. The topological polar surface area (TPSA) is 43.8 Å². The van der Waals surface area contributed by atoms with Gasteiger partial charge in [0.15, 0.2) is 0 Å². The average molecular weight is 273 g/mol. The van der Waals surface area contributed by atoms with Crippen LogP contribution in [0.2, 0.25) is 0 Å². The summed E-state index contributed by atoms with van der Waals surface area (Å²) in [5.74, 6) is -0.526. The maximum absolute atomic E-state index is 13.6. The van der Waals surface area contributed by atoms with Gasteiger partial charge in [-0.2, -0.15) is 18.3 Å². The Hall–Kier alpha value is -1.89. The molecule has 0 bridgehead atoms. The van der Waals surface area contributed by atoms with Crippen LogP contribution < -0.4 is 5.73 Å². The van der Waals surface area contributed by atoms with E-state index >= 15 is 0 Å². The second kappa shape index (κ2) is 5.00. The van der Waals surface area contributed by atoms with Crippen molar-refractivity contribution >= 4 is 0 Å². The van der Waals surface area contributed by atoms with Crippen molar-refractivity contribution in [2.24, 2.45) is 5.73 Å². The summed E-state index contributed by atoms with van der Waals surface area (Å²) in [6, 6.07) is 5.03. The molecule has 1 unspecified atom stereocenters. The number of rotatable bonds is 3. The van der Waals surface area contributed by atoms with Gasteiger partial charge in [-0.3, -0.25) is 4.68 Å². The predicted octanol–water partition coefficient (Wildman–Crippen LogP) is 2.59. The smallest absolute Gasteiger partial charge is 0.328 e. The number of hydrogen-bond acceptors (Lipinski definition) is 2. The lowest BCUT2D eigenvalue weighted by Gasteiger charge is -2.16. The molecule has 102 valence electrons. The van der Waals surface area contributed by atoms with Crippen LogP contribution >= 0.6 is 0 Å². The first kappa shape index (κ1) is 13.5. The molecular weight excluding hydrogens is 262 g/mol. The molecule has 7 heteroatoms. The normalized spacial score (nSPS) is 13.5. The first-order valence-corrected chi connectivity index (χ1v) is 5.49. The number of benzene rings is 1. The van der Waals surface area contributed by atoms with Crippen LogP contribution in [0.5, 0.6) is 0 Å². The van der Waals surface area contributed by atoms with Gasteiger partial charge in [0, 0.05) is 18.3 Å². The van der Waals surface area contributed by atoms with Crippen LogP contribution in [0, 0.1) is 5.82 Å². The van der Waals surface area contributed by atoms with Gasteiger partial charge in [-0.1, -0.05) is 18.2 Å². The van der Waals surface area contributed by atoms with Crippen LogP contribution in [-0.2, 0) is 6.18 Å². The van der Waals surface area contributed by atoms with E-state index in [9.17, 15) is 17.6 Å². The minimum atomic E-state index is -4.48. The summed E-state index contributed by atoms with van der Waals surface area (Å²) in [4.78, 5) is 0. The number of halogens is 4. The lowest BCUT2D eigenvalue weighted by molar-refractivity contribution is -0.137. The molecule has 0 radical (unpaired) electrons. The van der Waals surface area contributed by atoms with Gasteiger partial charge in [-0.15, -0.1) is 0 Å². The van der Waals surface area contributed by atoms with Gasteiger partial charge in [0.2, 0.25) is 0 Å². The minimum absolute atomic E-state index is 0.0556. The molecule has 0 amide bonds. The zero-order chi connectivity index (χ0) is 14.0. The number of nitrogens with zero attached hydrogens (tertiary/aromatic N) is 2. The van der Waals surface area contributed by atoms with Crippen molar-refractivity contribution < 1.29 is 17.6 Å². The summed E-state index contributed by atoms with van der Waals surface area (Å²) in [6.07, 6.45) is -2.96. The summed E-state index contributed by atoms with van der Waals surface area (Å²) in [6.45, 7) is -0.0556. The fraction of sp³-hybridized carbons (Fsp3) is 0.250. The molecule has 1 aromatic carbocycles. The second-order valence-electron chi connectivity index (χ2n) is 3.98. The third kappa shape index (κ3) is 2.76. The largest absolute Gasteiger partial charge is 0.419 e. The van der Waals surface area contributed by atoms with E-state index in [2.05, 4.69) is 5.10 Å². The molecule has 0 aliphatic carbocycles. The SMILES string of the molecule is NCC(c1ccccc1F)n1cc(C(F)(F)F)cn1. The number of nitrogens with two attached hydrogens (primary N) is 1. The van der Waals surface area contributed by atoms with Crippen molar-refractivity contribution in [1.82, 2.24) is 9.78 Å². The highest BCUT2D eigenvalue weighted by Crippen LogP contribution is 2.30. The predicted molar refractivity (Wildman–Crippen MR) is 60.8 cm³/mol. The maximum atomic E-state index is 13.6. The third-order valence-corrected chi connectivity index (χ3v) is 2.74. The first-order chi connectivity index (χ1) is 8.93. The highest BCUT2D eigenvalue weighted by molar-refractivity contribution is 5.23. The zero-order valence-corrected chi connectivity index (χ0v) is 9.73. The van der Waals surface area contributed by atoms with E-state index in [1.165, 1.54) is 18.2 Å². The van der Waals surface area contributed by atoms with E-state index in [4.69, 9.17) is 5.73 Å². The molecule has 0 aliphatic rings. The standard InChI is InChI=1S/C12H11F4N3/c13-10-4-2-1-3-9(10)11(5-17)19-7-8(6-18-19)12(14,15)16/h1-4,6-7,11H,5,17H2. The highest BCUT2D eigenvalue weighted by Gasteiger charge is 2.33. The first-order valence-electron chi connectivity index (χ1n) is 5.49. The van der Waals surface area contributed by atoms with Crippen molar-refractivity contribution in [1.29, 1.82) is 0 Å². The Labute approximate surface area is 106 Å². The van der Waals surface area contributed by atoms with Crippen molar-refractivity contribution in [3.05, 3.63) is 53.6 Å². The Morgan fingerprint density at radius 3 is 2.47 bits per heavy atom. The zero-order valence-electron chi connectivity index (χ0n) is 9.73. The van der Waals surface area contributed by atoms with Gasteiger partial charge in [0.25, 0.3) is 0 Å². The summed E-state index contributed by atoms with van der Waals surface area (Å²) in [5, 5.41) is 3.62. The van der Waals surface area contributed by atoms with E-state index < -0.39 is 23.6 Å². The van der Waals surface area contributed by atoms with Crippen LogP contribution in [0.4, 0.5) is 17.6 Å². The Bertz CT molecular complexity index is 562. The van der Waals surface area contributed by atoms with Gasteiger partial charge >= 0.3 is 6.18 Å². The molecule has 0 saturated carbocycles. The minimum Gasteiger partial charge on any atom is -0.328 e. The van der Waals surface area contributed by atoms with Crippen molar-refractivity contribution in [3.63, 3.8) is 0 Å². The molecule has 0 aliphatic heterocycles. The van der Waals surface area contributed by atoms with Crippen molar-refractivity contribution in [2.75, 3.05) is 6.54 Å². The summed E-state index contributed by atoms with van der Waals surface area (Å²) < 4.78 is 52.1. The fourth-order valence-corrected chi connectivity index (χ4v) is 1.78. The van der Waals surface area contributed by atoms with Crippen LogP contribution in [0.25, 0.3) is 0 Å². The van der Waals surface area contributed by atoms with E-state index in [-0.39, 0.29) is 12.1 Å². The summed E-state index contributed by atoms with van der Waals surface area (Å²) in [7, 11) is 0. The molecule has 1 aromatic heterocycles. The summed E-state index contributed by atoms with van der Waals surface area (Å²) in [5.41, 5.74) is 4.84. The second-order valence-corrected chi connectivity index (χ2v) is 3.98. The highest BCUT2D eigenvalue weighted by atomic mass is 19.4. The fourth-order valence-electron chi connectivity index (χ4n) is 1.78. The molecule has 0 fully saturated rings. The molecule has 0 saturated heterocycles. The maximum Gasteiger partial charge on any atom is 0.419 e. The van der Waals surface area contributed by atoms with Gasteiger partial charge in [0.1, 0.15) is 5.82 Å². The van der Waals surface area contributed by atoms with Crippen LogP contribution in [0.3, 0.4) is 0 Å². The molecule has 2 aromatic rings. The number of alkyl halides is 3. The van der Waals surface area contributed by atoms with Crippen LogP contribution in [0.15, 0.2) is 36.7 Å². The van der Waals surface area contributed by atoms with Gasteiger partial charge in [-0.25, -0.2) is 4.39 Å². The van der Waals surface area contributed by atoms with Gasteiger partial charge in [0.05, 0.1) is 17.8 Å². The molecule has 2 rings (SSSR count). The van der Waals surface area contributed by atoms with Gasteiger partial charge < -0.3 is 5.73 Å². The molecule has 1 heterocycles. The Morgan fingerprint density at radius 2 is 1.95 bits per heavy atom. The number of hydrogen-bond donors (Lipinski definition) is 1. The van der Waals surface area contributed by atoms with Crippen molar-refractivity contribution in [3.8, 4) is 0 Å². The van der Waals surface area contributed by atoms with Crippen LogP contribution in [0.1, 0.15) is 17.2 Å². The Balaban J connectivity index is 2.38. The molecule has 3 nitrogen and oxygen atoms in total. The molecule has 19 heavy (non-hydrogen) atoms. The van der Waals surface area contributed by atoms with E-state index in [0.29, 0.717) is 6.20 Å². The average Bonchev–Trinajstić information content (AvgIpc) is 2.82. The van der Waals surface area contributed by atoms with Crippen LogP contribution in [-0.4, -0.2) is 16.3 Å². The lowest BCUT2D eigenvalue weighted by atomic mass is 10.1. The third-order valence-electron chi connectivity index (χ3n) is 2.74. The molecule has 2 N–H and O–H groups in total. The van der Waals surface area contributed by atoms with E-state index in [0.717, 1.165) is 10.9 Å². The monoisotopic (exact) mass is 273 g/mol. The molecular formula is C12H11F4N3. The Kier molecular flexibility index (Phi) is 3.57. The van der Waals surface area contributed by atoms with Gasteiger partial charge in [-0.05, 0) is 6.07 Å². The molecule has 0 spiro atoms. The number of aromatic nitrogens is 2.